The molecule has 2 N–H and O–H groups in total. The number of hydrogen-bond donors (Lipinski definition) is 2. The number of methoxy groups -OCH3 is 1. The zero-order valence-corrected chi connectivity index (χ0v) is 13.0. The van der Waals surface area contributed by atoms with Gasteiger partial charge < -0.3 is 19.2 Å². The Bertz CT molecular complexity index is 912. The number of amides is 1. The Balaban J connectivity index is 1.55. The second-order valence-electron chi connectivity index (χ2n) is 5.06. The molecular formula is C17H16N2O5. The first kappa shape index (κ1) is 15.7. The van der Waals surface area contributed by atoms with Crippen LogP contribution in [-0.4, -0.2) is 24.6 Å². The summed E-state index contributed by atoms with van der Waals surface area (Å²) >= 11 is 0. The number of carbonyl (C=O) groups is 1. The van der Waals surface area contributed by atoms with Crippen LogP contribution >= 0.6 is 0 Å². The van der Waals surface area contributed by atoms with Gasteiger partial charge in [0.2, 0.25) is 0 Å². The maximum absolute atomic E-state index is 11.9. The Labute approximate surface area is 137 Å². The van der Waals surface area contributed by atoms with Gasteiger partial charge in [-0.3, -0.25) is 9.78 Å². The number of hydrogen-bond acceptors (Lipinski definition) is 5. The smallest absolute Gasteiger partial charge is 0.417 e. The minimum Gasteiger partial charge on any atom is -0.493 e. The minimum atomic E-state index is -0.503. The summed E-state index contributed by atoms with van der Waals surface area (Å²) in [5.41, 5.74) is 1.89. The van der Waals surface area contributed by atoms with Crippen LogP contribution in [0.2, 0.25) is 0 Å². The van der Waals surface area contributed by atoms with Gasteiger partial charge in [-0.15, -0.1) is 0 Å². The van der Waals surface area contributed by atoms with Gasteiger partial charge in [0.15, 0.2) is 23.7 Å². The number of benzene rings is 2. The van der Waals surface area contributed by atoms with Crippen LogP contribution in [0.5, 0.6) is 11.5 Å². The minimum absolute atomic E-state index is 0.123. The molecular weight excluding hydrogens is 312 g/mol. The van der Waals surface area contributed by atoms with Crippen LogP contribution in [0.3, 0.4) is 0 Å². The van der Waals surface area contributed by atoms with Gasteiger partial charge >= 0.3 is 5.76 Å². The summed E-state index contributed by atoms with van der Waals surface area (Å²) in [7, 11) is 1.54. The summed E-state index contributed by atoms with van der Waals surface area (Å²) in [6.07, 6.45) is 0. The first-order valence-corrected chi connectivity index (χ1v) is 7.30. The molecule has 0 aliphatic heterocycles. The highest BCUT2D eigenvalue weighted by Crippen LogP contribution is 2.25. The van der Waals surface area contributed by atoms with Gasteiger partial charge in [-0.05, 0) is 29.8 Å². The average Bonchev–Trinajstić information content (AvgIpc) is 2.97. The maximum Gasteiger partial charge on any atom is 0.417 e. The van der Waals surface area contributed by atoms with Crippen molar-refractivity contribution >= 4 is 17.0 Å². The Kier molecular flexibility index (Phi) is 4.51. The van der Waals surface area contributed by atoms with Crippen molar-refractivity contribution in [3.63, 3.8) is 0 Å². The molecule has 0 aliphatic rings. The lowest BCUT2D eigenvalue weighted by Crippen LogP contribution is -2.28. The van der Waals surface area contributed by atoms with Gasteiger partial charge in [0.25, 0.3) is 5.91 Å². The molecule has 7 heteroatoms. The van der Waals surface area contributed by atoms with E-state index < -0.39 is 5.76 Å². The third-order valence-electron chi connectivity index (χ3n) is 3.40. The Hall–Kier alpha value is -3.22. The third-order valence-corrected chi connectivity index (χ3v) is 3.40. The van der Waals surface area contributed by atoms with E-state index in [2.05, 4.69) is 10.3 Å². The first-order chi connectivity index (χ1) is 11.7. The number of nitrogens with one attached hydrogen (secondary N) is 2. The standard InChI is InChI=1S/C17H16N2O5/c1-22-13-4-2-3-5-14(13)23-10-16(20)18-9-11-6-7-12-15(8-11)24-17(21)19-12/h2-8H,9-10H2,1H3,(H,18,20)(H,19,21). The molecule has 1 heterocycles. The van der Waals surface area contributed by atoms with Crippen molar-refractivity contribution in [2.45, 2.75) is 6.54 Å². The van der Waals surface area contributed by atoms with E-state index in [0.29, 0.717) is 29.1 Å². The fourth-order valence-electron chi connectivity index (χ4n) is 2.23. The molecule has 0 bridgehead atoms. The van der Waals surface area contributed by atoms with Crippen molar-refractivity contribution in [3.8, 4) is 11.5 Å². The lowest BCUT2D eigenvalue weighted by molar-refractivity contribution is -0.123. The normalized spacial score (nSPS) is 10.5. The van der Waals surface area contributed by atoms with Crippen molar-refractivity contribution in [2.24, 2.45) is 0 Å². The monoisotopic (exact) mass is 328 g/mol. The molecule has 124 valence electrons. The van der Waals surface area contributed by atoms with Gasteiger partial charge in [-0.1, -0.05) is 18.2 Å². The van der Waals surface area contributed by atoms with Gasteiger partial charge in [0.1, 0.15) is 0 Å². The van der Waals surface area contributed by atoms with Crippen molar-refractivity contribution in [2.75, 3.05) is 13.7 Å². The summed E-state index contributed by atoms with van der Waals surface area (Å²) in [5, 5.41) is 2.74. The molecule has 3 rings (SSSR count). The molecule has 0 fully saturated rings. The van der Waals surface area contributed by atoms with Gasteiger partial charge in [0, 0.05) is 6.54 Å². The lowest BCUT2D eigenvalue weighted by atomic mass is 10.2. The predicted molar refractivity (Wildman–Crippen MR) is 87.2 cm³/mol. The van der Waals surface area contributed by atoms with Gasteiger partial charge in [0.05, 0.1) is 12.6 Å². The largest absolute Gasteiger partial charge is 0.493 e. The van der Waals surface area contributed by atoms with Crippen molar-refractivity contribution in [1.29, 1.82) is 0 Å². The highest BCUT2D eigenvalue weighted by Gasteiger charge is 2.07. The number of fused-ring (bicyclic) bond motifs is 1. The summed E-state index contributed by atoms with van der Waals surface area (Å²) in [4.78, 5) is 25.6. The molecule has 0 radical (unpaired) electrons. The fourth-order valence-corrected chi connectivity index (χ4v) is 2.23. The molecule has 3 aromatic rings. The topological polar surface area (TPSA) is 93.6 Å². The molecule has 0 aliphatic carbocycles. The second kappa shape index (κ2) is 6.91. The number of oxazole rings is 1. The highest BCUT2D eigenvalue weighted by molar-refractivity contribution is 5.78. The van der Waals surface area contributed by atoms with E-state index in [1.54, 1.807) is 36.4 Å². The molecule has 0 saturated heterocycles. The summed E-state index contributed by atoms with van der Waals surface area (Å²) < 4.78 is 15.6. The van der Waals surface area contributed by atoms with Crippen molar-refractivity contribution in [3.05, 3.63) is 58.6 Å². The molecule has 0 unspecified atom stereocenters. The highest BCUT2D eigenvalue weighted by atomic mass is 16.5. The number of para-hydroxylation sites is 2. The van der Waals surface area contributed by atoms with Crippen LogP contribution in [0.25, 0.3) is 11.1 Å². The van der Waals surface area contributed by atoms with Crippen molar-refractivity contribution < 1.29 is 18.7 Å². The Morgan fingerprint density at radius 2 is 2.00 bits per heavy atom. The van der Waals surface area contributed by atoms with Gasteiger partial charge in [-0.25, -0.2) is 4.79 Å². The van der Waals surface area contributed by atoms with Crippen LogP contribution in [0, 0.1) is 0 Å². The van der Waals surface area contributed by atoms with E-state index in [-0.39, 0.29) is 12.5 Å². The second-order valence-corrected chi connectivity index (χ2v) is 5.06. The number of rotatable bonds is 6. The number of ether oxygens (including phenoxy) is 2. The molecule has 7 nitrogen and oxygen atoms in total. The zero-order chi connectivity index (χ0) is 16.9. The number of H-pyrrole nitrogens is 1. The molecule has 1 amide bonds. The molecule has 0 saturated carbocycles. The van der Waals surface area contributed by atoms with E-state index in [0.717, 1.165) is 5.56 Å². The average molecular weight is 328 g/mol. The number of carbonyl (C=O) groups excluding carboxylic acids is 1. The van der Waals surface area contributed by atoms with E-state index in [9.17, 15) is 9.59 Å². The third kappa shape index (κ3) is 3.57. The fraction of sp³-hybridized carbons (Fsp3) is 0.176. The predicted octanol–water partition coefficient (Wildman–Crippen LogP) is 1.82. The van der Waals surface area contributed by atoms with Gasteiger partial charge in [-0.2, -0.15) is 0 Å². The molecule has 0 atom stereocenters. The zero-order valence-electron chi connectivity index (χ0n) is 13.0. The van der Waals surface area contributed by atoms with Crippen molar-refractivity contribution in [1.82, 2.24) is 10.3 Å². The first-order valence-electron chi connectivity index (χ1n) is 7.30. The van der Waals surface area contributed by atoms with Crippen LogP contribution in [0.1, 0.15) is 5.56 Å². The summed E-state index contributed by atoms with van der Waals surface area (Å²) in [6, 6.07) is 12.3. The van der Waals surface area contributed by atoms with E-state index in [4.69, 9.17) is 13.9 Å². The molecule has 1 aromatic heterocycles. The van der Waals surface area contributed by atoms with Crippen LogP contribution in [0.4, 0.5) is 0 Å². The molecule has 24 heavy (non-hydrogen) atoms. The lowest BCUT2D eigenvalue weighted by Gasteiger charge is -2.10. The van der Waals surface area contributed by atoms with Crippen LogP contribution in [0.15, 0.2) is 51.7 Å². The van der Waals surface area contributed by atoms with E-state index in [1.807, 2.05) is 6.07 Å². The Morgan fingerprint density at radius 1 is 1.21 bits per heavy atom. The molecule has 0 spiro atoms. The van der Waals surface area contributed by atoms with E-state index in [1.165, 1.54) is 7.11 Å². The maximum atomic E-state index is 11.9. The van der Waals surface area contributed by atoms with Crippen LogP contribution < -0.4 is 20.5 Å². The number of aromatic amines is 1. The Morgan fingerprint density at radius 3 is 2.79 bits per heavy atom. The summed E-state index contributed by atoms with van der Waals surface area (Å²) in [6.45, 7) is 0.181. The molecule has 2 aromatic carbocycles. The van der Waals surface area contributed by atoms with Crippen LogP contribution in [-0.2, 0) is 11.3 Å². The summed E-state index contributed by atoms with van der Waals surface area (Å²) in [5.74, 6) is 0.303. The quantitative estimate of drug-likeness (QED) is 0.720. The SMILES string of the molecule is COc1ccccc1OCC(=O)NCc1ccc2[nH]c(=O)oc2c1. The number of aromatic nitrogens is 1. The van der Waals surface area contributed by atoms with E-state index >= 15 is 0 Å².